The van der Waals surface area contributed by atoms with E-state index in [4.69, 9.17) is 9.47 Å². The average molecular weight is 344 g/mol. The summed E-state index contributed by atoms with van der Waals surface area (Å²) in [7, 11) is 1.50. The van der Waals surface area contributed by atoms with Crippen molar-refractivity contribution in [2.24, 2.45) is 0 Å². The van der Waals surface area contributed by atoms with Crippen LogP contribution in [0.25, 0.3) is 0 Å². The van der Waals surface area contributed by atoms with Gasteiger partial charge in [0.05, 0.1) is 7.11 Å². The number of ether oxygens (including phenoxy) is 2. The summed E-state index contributed by atoms with van der Waals surface area (Å²) < 4.78 is 10.6. The minimum atomic E-state index is -0.870. The largest absolute Gasteiger partial charge is 0.496 e. The highest BCUT2D eigenvalue weighted by atomic mass is 32.2. The zero-order valence-corrected chi connectivity index (χ0v) is 15.0. The van der Waals surface area contributed by atoms with Gasteiger partial charge in [0.25, 0.3) is 0 Å². The van der Waals surface area contributed by atoms with Gasteiger partial charge in [0.15, 0.2) is 6.10 Å². The number of esters is 1. The fraction of sp³-hybridized carbons (Fsp3) is 0.263. The van der Waals surface area contributed by atoms with Crippen molar-refractivity contribution < 1.29 is 19.1 Å². The maximum atomic E-state index is 12.4. The van der Waals surface area contributed by atoms with Gasteiger partial charge < -0.3 is 9.47 Å². The third-order valence-electron chi connectivity index (χ3n) is 3.62. The van der Waals surface area contributed by atoms with Crippen LogP contribution in [0, 0.1) is 6.92 Å². The molecule has 0 fully saturated rings. The number of benzene rings is 2. The lowest BCUT2D eigenvalue weighted by molar-refractivity contribution is 0.0316. The van der Waals surface area contributed by atoms with Crippen LogP contribution in [0.1, 0.15) is 33.2 Å². The van der Waals surface area contributed by atoms with Crippen LogP contribution >= 0.6 is 11.8 Å². The van der Waals surface area contributed by atoms with Crippen molar-refractivity contribution in [3.63, 3.8) is 0 Å². The first-order chi connectivity index (χ1) is 11.5. The highest BCUT2D eigenvalue weighted by molar-refractivity contribution is 7.98. The van der Waals surface area contributed by atoms with Gasteiger partial charge >= 0.3 is 5.97 Å². The van der Waals surface area contributed by atoms with Crippen LogP contribution in [0.15, 0.2) is 47.4 Å². The van der Waals surface area contributed by atoms with Crippen LogP contribution < -0.4 is 4.74 Å². The average Bonchev–Trinajstić information content (AvgIpc) is 2.60. The second kappa shape index (κ2) is 8.02. The van der Waals surface area contributed by atoms with Gasteiger partial charge in [-0.15, -0.1) is 11.8 Å². The zero-order chi connectivity index (χ0) is 17.7. The van der Waals surface area contributed by atoms with Gasteiger partial charge in [-0.1, -0.05) is 29.8 Å². The summed E-state index contributed by atoms with van der Waals surface area (Å²) in [5.74, 6) is -0.377. The number of aryl methyl sites for hydroxylation is 1. The smallest absolute Gasteiger partial charge is 0.342 e. The second-order valence-electron chi connectivity index (χ2n) is 5.34. The lowest BCUT2D eigenvalue weighted by atomic mass is 10.1. The summed E-state index contributed by atoms with van der Waals surface area (Å²) in [5.41, 5.74) is 1.89. The Kier molecular flexibility index (Phi) is 6.04. The third-order valence-corrected chi connectivity index (χ3v) is 4.34. The molecule has 0 aliphatic heterocycles. The molecule has 2 aromatic rings. The SMILES string of the molecule is COc1cc(SC)ccc1C(=O)O[C@H](C)C(=O)c1ccc(C)cc1. The fourth-order valence-corrected chi connectivity index (χ4v) is 2.63. The van der Waals surface area contributed by atoms with Crippen molar-refractivity contribution in [1.29, 1.82) is 0 Å². The molecular formula is C19H20O4S. The van der Waals surface area contributed by atoms with E-state index in [2.05, 4.69) is 0 Å². The fourth-order valence-electron chi connectivity index (χ4n) is 2.20. The summed E-state index contributed by atoms with van der Waals surface area (Å²) >= 11 is 1.55. The maximum absolute atomic E-state index is 12.4. The predicted molar refractivity (Wildman–Crippen MR) is 95.2 cm³/mol. The Morgan fingerprint density at radius 2 is 1.75 bits per heavy atom. The number of ketones is 1. The minimum absolute atomic E-state index is 0.233. The number of methoxy groups -OCH3 is 1. The maximum Gasteiger partial charge on any atom is 0.342 e. The van der Waals surface area contributed by atoms with Gasteiger partial charge in [-0.05, 0) is 38.3 Å². The molecule has 0 amide bonds. The van der Waals surface area contributed by atoms with Crippen molar-refractivity contribution in [1.82, 2.24) is 0 Å². The standard InChI is InChI=1S/C19H20O4S/c1-12-5-7-14(8-6-12)18(20)13(2)23-19(21)16-10-9-15(24-4)11-17(16)22-3/h5-11,13H,1-4H3/t13-/m1/s1. The summed E-state index contributed by atoms with van der Waals surface area (Å²) in [5, 5.41) is 0. The molecule has 0 aromatic heterocycles. The molecule has 126 valence electrons. The Balaban J connectivity index is 2.14. The highest BCUT2D eigenvalue weighted by Gasteiger charge is 2.22. The van der Waals surface area contributed by atoms with E-state index >= 15 is 0 Å². The first-order valence-corrected chi connectivity index (χ1v) is 8.72. The Morgan fingerprint density at radius 3 is 2.33 bits per heavy atom. The summed E-state index contributed by atoms with van der Waals surface area (Å²) in [6.07, 6.45) is 1.07. The molecule has 24 heavy (non-hydrogen) atoms. The van der Waals surface area contributed by atoms with Gasteiger partial charge in [-0.2, -0.15) is 0 Å². The van der Waals surface area contributed by atoms with Gasteiger partial charge in [0.1, 0.15) is 11.3 Å². The Morgan fingerprint density at radius 1 is 1.08 bits per heavy atom. The molecule has 0 heterocycles. The van der Waals surface area contributed by atoms with Crippen LogP contribution in [-0.2, 0) is 4.74 Å². The van der Waals surface area contributed by atoms with E-state index in [1.165, 1.54) is 7.11 Å². The molecule has 4 nitrogen and oxygen atoms in total. The molecule has 0 radical (unpaired) electrons. The van der Waals surface area contributed by atoms with E-state index in [-0.39, 0.29) is 5.78 Å². The van der Waals surface area contributed by atoms with Crippen LogP contribution in [0.4, 0.5) is 0 Å². The molecule has 1 atom stereocenters. The van der Waals surface area contributed by atoms with Gasteiger partial charge in [-0.3, -0.25) is 4.79 Å². The highest BCUT2D eigenvalue weighted by Crippen LogP contribution is 2.26. The van der Waals surface area contributed by atoms with E-state index in [0.29, 0.717) is 16.9 Å². The summed E-state index contributed by atoms with van der Waals surface area (Å²) in [4.78, 5) is 25.7. The minimum Gasteiger partial charge on any atom is -0.496 e. The van der Waals surface area contributed by atoms with E-state index in [1.807, 2.05) is 31.4 Å². The molecule has 5 heteroatoms. The number of carbonyl (C=O) groups is 2. The van der Waals surface area contributed by atoms with Gasteiger partial charge in [0.2, 0.25) is 5.78 Å². The molecule has 2 aromatic carbocycles. The van der Waals surface area contributed by atoms with Gasteiger partial charge in [0, 0.05) is 10.5 Å². The van der Waals surface area contributed by atoms with E-state index < -0.39 is 12.1 Å². The molecule has 0 bridgehead atoms. The molecule has 2 rings (SSSR count). The predicted octanol–water partition coefficient (Wildman–Crippen LogP) is 4.15. The van der Waals surface area contributed by atoms with Gasteiger partial charge in [-0.25, -0.2) is 4.79 Å². The van der Waals surface area contributed by atoms with Crippen LogP contribution in [-0.4, -0.2) is 31.2 Å². The first kappa shape index (κ1) is 18.1. The number of Topliss-reactive ketones (excluding diaryl/α,β-unsaturated/α-hetero) is 1. The van der Waals surface area contributed by atoms with E-state index in [1.54, 1.807) is 43.0 Å². The van der Waals surface area contributed by atoms with E-state index in [0.717, 1.165) is 10.5 Å². The van der Waals surface area contributed by atoms with Crippen molar-refractivity contribution in [2.45, 2.75) is 24.8 Å². The zero-order valence-electron chi connectivity index (χ0n) is 14.2. The van der Waals surface area contributed by atoms with Crippen molar-refractivity contribution in [3.05, 3.63) is 59.2 Å². The van der Waals surface area contributed by atoms with Crippen LogP contribution in [0.5, 0.6) is 5.75 Å². The summed E-state index contributed by atoms with van der Waals surface area (Å²) in [6, 6.07) is 12.4. The first-order valence-electron chi connectivity index (χ1n) is 7.50. The number of rotatable bonds is 6. The molecule has 0 N–H and O–H groups in total. The number of hydrogen-bond donors (Lipinski definition) is 0. The second-order valence-corrected chi connectivity index (χ2v) is 6.22. The molecular weight excluding hydrogens is 324 g/mol. The van der Waals surface area contributed by atoms with Crippen molar-refractivity contribution >= 4 is 23.5 Å². The molecule has 0 aliphatic carbocycles. The monoisotopic (exact) mass is 344 g/mol. The molecule has 0 saturated heterocycles. The van der Waals surface area contributed by atoms with E-state index in [9.17, 15) is 9.59 Å². The third kappa shape index (κ3) is 4.17. The van der Waals surface area contributed by atoms with Crippen molar-refractivity contribution in [3.8, 4) is 5.75 Å². The number of hydrogen-bond acceptors (Lipinski definition) is 5. The molecule has 0 aliphatic rings. The lowest BCUT2D eigenvalue weighted by Gasteiger charge is -2.14. The number of thioether (sulfide) groups is 1. The summed E-state index contributed by atoms with van der Waals surface area (Å²) in [6.45, 7) is 3.52. The Bertz CT molecular complexity index is 738. The Labute approximate surface area is 146 Å². The molecule has 0 spiro atoms. The molecule has 0 saturated carbocycles. The quantitative estimate of drug-likeness (QED) is 0.447. The van der Waals surface area contributed by atoms with Crippen LogP contribution in [0.2, 0.25) is 0 Å². The topological polar surface area (TPSA) is 52.6 Å². The number of carbonyl (C=O) groups excluding carboxylic acids is 2. The normalized spacial score (nSPS) is 11.7. The van der Waals surface area contributed by atoms with Crippen LogP contribution in [0.3, 0.4) is 0 Å². The Hall–Kier alpha value is -2.27. The molecule has 0 unspecified atom stereocenters. The lowest BCUT2D eigenvalue weighted by Crippen LogP contribution is -2.24. The van der Waals surface area contributed by atoms with Crippen molar-refractivity contribution in [2.75, 3.05) is 13.4 Å².